The van der Waals surface area contributed by atoms with Crippen LogP contribution >= 0.6 is 0 Å². The molecule has 3 N–H and O–H groups in total. The Labute approximate surface area is 98.0 Å². The van der Waals surface area contributed by atoms with E-state index in [-0.39, 0.29) is 24.7 Å². The van der Waals surface area contributed by atoms with Crippen molar-refractivity contribution in [1.29, 1.82) is 0 Å². The fourth-order valence-electron chi connectivity index (χ4n) is 2.14. The Morgan fingerprint density at radius 1 is 1.47 bits per heavy atom. The zero-order valence-corrected chi connectivity index (χ0v) is 9.47. The smallest absolute Gasteiger partial charge is 0.251 e. The molecule has 0 aromatic heterocycles. The minimum Gasteiger partial charge on any atom is -0.399 e. The summed E-state index contributed by atoms with van der Waals surface area (Å²) in [6.45, 7) is 0. The Bertz CT molecular complexity index is 452. The van der Waals surface area contributed by atoms with Crippen molar-refractivity contribution in [2.75, 3.05) is 12.8 Å². The maximum absolute atomic E-state index is 12.8. The van der Waals surface area contributed by atoms with Crippen LogP contribution in [0.3, 0.4) is 0 Å². The molecule has 17 heavy (non-hydrogen) atoms. The van der Waals surface area contributed by atoms with Gasteiger partial charge in [-0.2, -0.15) is 0 Å². The van der Waals surface area contributed by atoms with Gasteiger partial charge in [0, 0.05) is 31.1 Å². The van der Waals surface area contributed by atoms with Gasteiger partial charge in [0.2, 0.25) is 5.92 Å². The summed E-state index contributed by atoms with van der Waals surface area (Å²) in [5.74, 6) is -3.13. The third-order valence-corrected chi connectivity index (χ3v) is 3.08. The van der Waals surface area contributed by atoms with Crippen LogP contribution in [0.4, 0.5) is 14.5 Å². The standard InChI is InChI=1S/C12H14F2N2O/c1-16-11(17)10-4-8(15)2-3-9(10)7-5-12(13,14)6-7/h2-4,7H,5-6,15H2,1H3,(H,16,17). The van der Waals surface area contributed by atoms with Gasteiger partial charge in [-0.05, 0) is 23.6 Å². The van der Waals surface area contributed by atoms with Crippen LogP contribution in [0.5, 0.6) is 0 Å². The first-order chi connectivity index (χ1) is 7.93. The van der Waals surface area contributed by atoms with E-state index >= 15 is 0 Å². The van der Waals surface area contributed by atoms with Gasteiger partial charge in [-0.1, -0.05) is 6.07 Å². The van der Waals surface area contributed by atoms with Gasteiger partial charge >= 0.3 is 0 Å². The first kappa shape index (κ1) is 11.8. The molecule has 1 aliphatic rings. The van der Waals surface area contributed by atoms with Gasteiger partial charge in [-0.15, -0.1) is 0 Å². The van der Waals surface area contributed by atoms with Gasteiger partial charge in [0.15, 0.2) is 0 Å². The molecule has 1 aliphatic carbocycles. The highest BCUT2D eigenvalue weighted by molar-refractivity contribution is 5.96. The fourth-order valence-corrected chi connectivity index (χ4v) is 2.14. The van der Waals surface area contributed by atoms with Crippen molar-refractivity contribution in [3.63, 3.8) is 0 Å². The number of nitrogens with one attached hydrogen (secondary N) is 1. The highest BCUT2D eigenvalue weighted by Gasteiger charge is 2.46. The average Bonchev–Trinajstić information content (AvgIpc) is 2.24. The summed E-state index contributed by atoms with van der Waals surface area (Å²) in [4.78, 5) is 11.6. The van der Waals surface area contributed by atoms with Crippen molar-refractivity contribution in [3.8, 4) is 0 Å². The Balaban J connectivity index is 2.31. The first-order valence-electron chi connectivity index (χ1n) is 5.42. The summed E-state index contributed by atoms with van der Waals surface area (Å²) >= 11 is 0. The Kier molecular flexibility index (Phi) is 2.77. The molecule has 5 heteroatoms. The lowest BCUT2D eigenvalue weighted by molar-refractivity contribution is -0.0868. The van der Waals surface area contributed by atoms with Crippen LogP contribution in [0.1, 0.15) is 34.7 Å². The predicted molar refractivity (Wildman–Crippen MR) is 61.2 cm³/mol. The summed E-state index contributed by atoms with van der Waals surface area (Å²) in [5.41, 5.74) is 7.11. The van der Waals surface area contributed by atoms with E-state index in [9.17, 15) is 13.6 Å². The lowest BCUT2D eigenvalue weighted by Crippen LogP contribution is -2.35. The van der Waals surface area contributed by atoms with Crippen molar-refractivity contribution >= 4 is 11.6 Å². The summed E-state index contributed by atoms with van der Waals surface area (Å²) in [5, 5.41) is 2.49. The normalized spacial score (nSPS) is 18.5. The van der Waals surface area contributed by atoms with Gasteiger partial charge in [0.1, 0.15) is 0 Å². The van der Waals surface area contributed by atoms with Gasteiger partial charge in [-0.25, -0.2) is 8.78 Å². The number of carbonyl (C=O) groups excluding carboxylic acids is 1. The van der Waals surface area contributed by atoms with Crippen molar-refractivity contribution in [2.24, 2.45) is 0 Å². The minimum atomic E-state index is -2.59. The highest BCUT2D eigenvalue weighted by Crippen LogP contribution is 2.49. The summed E-state index contributed by atoms with van der Waals surface area (Å²) in [7, 11) is 1.50. The van der Waals surface area contributed by atoms with Crippen molar-refractivity contribution in [3.05, 3.63) is 29.3 Å². The third-order valence-electron chi connectivity index (χ3n) is 3.08. The second-order valence-electron chi connectivity index (χ2n) is 4.39. The topological polar surface area (TPSA) is 55.1 Å². The van der Waals surface area contributed by atoms with Crippen molar-refractivity contribution in [1.82, 2.24) is 5.32 Å². The number of halogens is 2. The van der Waals surface area contributed by atoms with E-state index in [0.717, 1.165) is 0 Å². The fraction of sp³-hybridized carbons (Fsp3) is 0.417. The van der Waals surface area contributed by atoms with Crippen LogP contribution in [0.2, 0.25) is 0 Å². The van der Waals surface area contributed by atoms with Crippen LogP contribution in [0.25, 0.3) is 0 Å². The number of benzene rings is 1. The van der Waals surface area contributed by atoms with Gasteiger partial charge in [-0.3, -0.25) is 4.79 Å². The predicted octanol–water partition coefficient (Wildman–Crippen LogP) is 2.14. The number of amides is 1. The monoisotopic (exact) mass is 240 g/mol. The van der Waals surface area contributed by atoms with Crippen molar-refractivity contribution in [2.45, 2.75) is 24.7 Å². The van der Waals surface area contributed by atoms with E-state index < -0.39 is 5.92 Å². The Morgan fingerprint density at radius 3 is 2.65 bits per heavy atom. The minimum absolute atomic E-state index is 0.194. The molecule has 0 heterocycles. The lowest BCUT2D eigenvalue weighted by Gasteiger charge is -2.36. The number of rotatable bonds is 2. The van der Waals surface area contributed by atoms with E-state index in [1.165, 1.54) is 13.1 Å². The molecule has 2 rings (SSSR count). The second-order valence-corrected chi connectivity index (χ2v) is 4.39. The molecule has 0 atom stereocenters. The summed E-state index contributed by atoms with van der Waals surface area (Å²) < 4.78 is 25.7. The number of nitrogens with two attached hydrogens (primary N) is 1. The number of hydrogen-bond donors (Lipinski definition) is 2. The molecule has 0 unspecified atom stereocenters. The van der Waals surface area contributed by atoms with E-state index in [1.54, 1.807) is 12.1 Å². The number of nitrogen functional groups attached to an aromatic ring is 1. The maximum atomic E-state index is 12.8. The van der Waals surface area contributed by atoms with Crippen LogP contribution in [-0.2, 0) is 0 Å². The first-order valence-corrected chi connectivity index (χ1v) is 5.42. The Morgan fingerprint density at radius 2 is 2.12 bits per heavy atom. The molecule has 0 aliphatic heterocycles. The molecule has 0 radical (unpaired) electrons. The molecular formula is C12H14F2N2O. The number of carbonyl (C=O) groups is 1. The number of alkyl halides is 2. The molecule has 1 saturated carbocycles. The summed E-state index contributed by atoms with van der Waals surface area (Å²) in [6, 6.07) is 4.84. The van der Waals surface area contributed by atoms with Crippen LogP contribution < -0.4 is 11.1 Å². The van der Waals surface area contributed by atoms with Gasteiger partial charge in [0.25, 0.3) is 5.91 Å². The van der Waals surface area contributed by atoms with Crippen LogP contribution in [-0.4, -0.2) is 18.9 Å². The SMILES string of the molecule is CNC(=O)c1cc(N)ccc1C1CC(F)(F)C1. The van der Waals surface area contributed by atoms with Gasteiger partial charge < -0.3 is 11.1 Å². The molecule has 1 aromatic carbocycles. The highest BCUT2D eigenvalue weighted by atomic mass is 19.3. The van der Waals surface area contributed by atoms with E-state index in [2.05, 4.69) is 5.32 Å². The molecule has 0 bridgehead atoms. The van der Waals surface area contributed by atoms with E-state index in [1.807, 2.05) is 0 Å². The van der Waals surface area contributed by atoms with Crippen molar-refractivity contribution < 1.29 is 13.6 Å². The molecule has 92 valence electrons. The number of anilines is 1. The maximum Gasteiger partial charge on any atom is 0.251 e. The molecule has 1 amide bonds. The van der Waals surface area contributed by atoms with Gasteiger partial charge in [0.05, 0.1) is 0 Å². The quantitative estimate of drug-likeness (QED) is 0.778. The molecule has 0 saturated heterocycles. The molecular weight excluding hydrogens is 226 g/mol. The molecule has 0 spiro atoms. The van der Waals surface area contributed by atoms with Crippen LogP contribution in [0, 0.1) is 0 Å². The summed E-state index contributed by atoms with van der Waals surface area (Å²) in [6.07, 6.45) is -0.387. The largest absolute Gasteiger partial charge is 0.399 e. The Hall–Kier alpha value is -1.65. The number of hydrogen-bond acceptors (Lipinski definition) is 2. The third kappa shape index (κ3) is 2.23. The average molecular weight is 240 g/mol. The zero-order valence-electron chi connectivity index (χ0n) is 9.47. The van der Waals surface area contributed by atoms with E-state index in [0.29, 0.717) is 16.8 Å². The zero-order chi connectivity index (χ0) is 12.6. The molecule has 3 nitrogen and oxygen atoms in total. The molecule has 1 fully saturated rings. The second kappa shape index (κ2) is 3.98. The van der Waals surface area contributed by atoms with Crippen LogP contribution in [0.15, 0.2) is 18.2 Å². The molecule has 1 aromatic rings. The van der Waals surface area contributed by atoms with E-state index in [4.69, 9.17) is 5.73 Å². The lowest BCUT2D eigenvalue weighted by atomic mass is 9.75.